The summed E-state index contributed by atoms with van der Waals surface area (Å²) in [5.74, 6) is -2.60. The molecule has 0 atom stereocenters. The maximum absolute atomic E-state index is 11.0. The molecule has 0 amide bonds. The molecular formula is C10H6ClNO4. The van der Waals surface area contributed by atoms with Crippen LogP contribution in [0.4, 0.5) is 0 Å². The summed E-state index contributed by atoms with van der Waals surface area (Å²) >= 11 is 5.72. The number of hydrogen-bond donors (Lipinski definition) is 3. The molecule has 16 heavy (non-hydrogen) atoms. The van der Waals surface area contributed by atoms with Gasteiger partial charge in [0.1, 0.15) is 5.69 Å². The van der Waals surface area contributed by atoms with E-state index in [1.165, 1.54) is 18.2 Å². The van der Waals surface area contributed by atoms with Crippen LogP contribution in [0, 0.1) is 0 Å². The Bertz CT molecular complexity index is 602. The minimum Gasteiger partial charge on any atom is -0.478 e. The van der Waals surface area contributed by atoms with Gasteiger partial charge in [0.05, 0.1) is 5.56 Å². The normalized spacial score (nSPS) is 10.6. The van der Waals surface area contributed by atoms with E-state index in [9.17, 15) is 9.59 Å². The minimum absolute atomic E-state index is 0.251. The van der Waals surface area contributed by atoms with E-state index >= 15 is 0 Å². The Kier molecular flexibility index (Phi) is 2.32. The van der Waals surface area contributed by atoms with Crippen molar-refractivity contribution in [2.45, 2.75) is 0 Å². The molecule has 1 aromatic carbocycles. The third-order valence-electron chi connectivity index (χ3n) is 2.19. The van der Waals surface area contributed by atoms with Crippen LogP contribution in [0.5, 0.6) is 0 Å². The van der Waals surface area contributed by atoms with Crippen molar-refractivity contribution in [2.24, 2.45) is 0 Å². The second-order valence-electron chi connectivity index (χ2n) is 3.18. The summed E-state index contributed by atoms with van der Waals surface area (Å²) < 4.78 is 0. The fourth-order valence-electron chi connectivity index (χ4n) is 1.55. The largest absolute Gasteiger partial charge is 0.478 e. The van der Waals surface area contributed by atoms with E-state index in [1.807, 2.05) is 0 Å². The van der Waals surface area contributed by atoms with Crippen LogP contribution in [0.2, 0.25) is 5.02 Å². The van der Waals surface area contributed by atoms with Gasteiger partial charge in [-0.25, -0.2) is 9.59 Å². The van der Waals surface area contributed by atoms with E-state index in [2.05, 4.69) is 4.98 Å². The van der Waals surface area contributed by atoms with Gasteiger partial charge in [0.15, 0.2) is 0 Å². The van der Waals surface area contributed by atoms with Crippen molar-refractivity contribution in [1.82, 2.24) is 4.98 Å². The molecule has 0 saturated carbocycles. The fraction of sp³-hybridized carbons (Fsp3) is 0. The van der Waals surface area contributed by atoms with Gasteiger partial charge in [-0.1, -0.05) is 17.7 Å². The van der Waals surface area contributed by atoms with Crippen molar-refractivity contribution in [2.75, 3.05) is 0 Å². The van der Waals surface area contributed by atoms with Gasteiger partial charge in [-0.05, 0) is 12.1 Å². The highest BCUT2D eigenvalue weighted by Crippen LogP contribution is 2.25. The third-order valence-corrected chi connectivity index (χ3v) is 2.42. The molecule has 0 fully saturated rings. The number of benzene rings is 1. The molecule has 1 aromatic heterocycles. The first kappa shape index (κ1) is 10.5. The number of hydrogen-bond acceptors (Lipinski definition) is 2. The van der Waals surface area contributed by atoms with Gasteiger partial charge in [0.25, 0.3) is 0 Å². The number of nitrogens with one attached hydrogen (secondary N) is 1. The number of rotatable bonds is 2. The number of aromatic nitrogens is 1. The highest BCUT2D eigenvalue weighted by atomic mass is 35.5. The van der Waals surface area contributed by atoms with Gasteiger partial charge in [-0.15, -0.1) is 0 Å². The van der Waals surface area contributed by atoms with E-state index < -0.39 is 11.9 Å². The number of H-pyrrole nitrogens is 1. The zero-order valence-electron chi connectivity index (χ0n) is 7.82. The number of carboxylic acids is 2. The molecule has 6 heteroatoms. The molecule has 0 bridgehead atoms. The van der Waals surface area contributed by atoms with Crippen LogP contribution in [0.3, 0.4) is 0 Å². The second kappa shape index (κ2) is 3.53. The molecule has 5 nitrogen and oxygen atoms in total. The van der Waals surface area contributed by atoms with Crippen molar-refractivity contribution in [3.8, 4) is 0 Å². The maximum Gasteiger partial charge on any atom is 0.353 e. The number of fused-ring (bicyclic) bond motifs is 1. The Hall–Kier alpha value is -2.01. The first-order valence-electron chi connectivity index (χ1n) is 4.28. The molecule has 0 aliphatic rings. The summed E-state index contributed by atoms with van der Waals surface area (Å²) in [4.78, 5) is 24.3. The van der Waals surface area contributed by atoms with Crippen molar-refractivity contribution >= 4 is 34.4 Å². The monoisotopic (exact) mass is 239 g/mol. The van der Waals surface area contributed by atoms with Gasteiger partial charge in [0.2, 0.25) is 0 Å². The Morgan fingerprint density at radius 1 is 1.19 bits per heavy atom. The topological polar surface area (TPSA) is 90.4 Å². The lowest BCUT2D eigenvalue weighted by atomic mass is 10.1. The Balaban J connectivity index is 2.86. The summed E-state index contributed by atoms with van der Waals surface area (Å²) in [5, 5.41) is 18.5. The molecule has 2 aromatic rings. The molecule has 0 radical (unpaired) electrons. The zero-order chi connectivity index (χ0) is 11.9. The van der Waals surface area contributed by atoms with Crippen molar-refractivity contribution in [3.05, 3.63) is 34.5 Å². The summed E-state index contributed by atoms with van der Waals surface area (Å²) in [7, 11) is 0. The summed E-state index contributed by atoms with van der Waals surface area (Å²) in [5.41, 5.74) is -0.203. The predicted molar refractivity (Wildman–Crippen MR) is 57.2 cm³/mol. The van der Waals surface area contributed by atoms with Crippen molar-refractivity contribution in [1.29, 1.82) is 0 Å². The number of aromatic amines is 1. The van der Waals surface area contributed by atoms with Crippen LogP contribution in [0.15, 0.2) is 18.2 Å². The maximum atomic E-state index is 11.0. The fourth-order valence-corrected chi connectivity index (χ4v) is 1.72. The molecule has 82 valence electrons. The number of aromatic carboxylic acids is 2. The second-order valence-corrected chi connectivity index (χ2v) is 3.61. The summed E-state index contributed by atoms with van der Waals surface area (Å²) in [6.07, 6.45) is 0. The lowest BCUT2D eigenvalue weighted by Gasteiger charge is -1.94. The van der Waals surface area contributed by atoms with Crippen molar-refractivity contribution < 1.29 is 19.8 Å². The Labute approximate surface area is 94.3 Å². The van der Waals surface area contributed by atoms with Crippen LogP contribution < -0.4 is 0 Å². The average molecular weight is 240 g/mol. The van der Waals surface area contributed by atoms with Crippen LogP contribution in [-0.4, -0.2) is 27.1 Å². The highest BCUT2D eigenvalue weighted by molar-refractivity contribution is 6.31. The van der Waals surface area contributed by atoms with E-state index in [0.29, 0.717) is 15.9 Å². The zero-order valence-corrected chi connectivity index (χ0v) is 8.58. The van der Waals surface area contributed by atoms with Crippen LogP contribution in [-0.2, 0) is 0 Å². The Morgan fingerprint density at radius 3 is 2.44 bits per heavy atom. The molecule has 2 rings (SSSR count). The standard InChI is InChI=1S/C10H6ClNO4/c11-4-1-2-5-6(3-4)12-8(10(15)16)7(5)9(13)14/h1-3,12H,(H,13,14)(H,15,16). The highest BCUT2D eigenvalue weighted by Gasteiger charge is 2.22. The first-order valence-corrected chi connectivity index (χ1v) is 4.66. The molecule has 3 N–H and O–H groups in total. The van der Waals surface area contributed by atoms with E-state index in [1.54, 1.807) is 0 Å². The first-order chi connectivity index (χ1) is 7.50. The molecular weight excluding hydrogens is 234 g/mol. The smallest absolute Gasteiger partial charge is 0.353 e. The summed E-state index contributed by atoms with van der Waals surface area (Å²) in [6.45, 7) is 0. The predicted octanol–water partition coefficient (Wildman–Crippen LogP) is 2.22. The van der Waals surface area contributed by atoms with E-state index in [4.69, 9.17) is 21.8 Å². The number of halogens is 1. The number of carbonyl (C=O) groups is 2. The van der Waals surface area contributed by atoms with Gasteiger partial charge in [-0.2, -0.15) is 0 Å². The molecule has 0 aliphatic heterocycles. The van der Waals surface area contributed by atoms with Crippen molar-refractivity contribution in [3.63, 3.8) is 0 Å². The quantitative estimate of drug-likeness (QED) is 0.749. The average Bonchev–Trinajstić information content (AvgIpc) is 2.55. The summed E-state index contributed by atoms with van der Waals surface area (Å²) in [6, 6.07) is 4.47. The molecule has 0 saturated heterocycles. The van der Waals surface area contributed by atoms with Gasteiger partial charge in [0, 0.05) is 15.9 Å². The van der Waals surface area contributed by atoms with E-state index in [-0.39, 0.29) is 11.3 Å². The third kappa shape index (κ3) is 1.51. The van der Waals surface area contributed by atoms with Gasteiger partial charge >= 0.3 is 11.9 Å². The lowest BCUT2D eigenvalue weighted by molar-refractivity contribution is 0.0650. The van der Waals surface area contributed by atoms with Crippen LogP contribution in [0.25, 0.3) is 10.9 Å². The van der Waals surface area contributed by atoms with E-state index in [0.717, 1.165) is 0 Å². The molecule has 1 heterocycles. The minimum atomic E-state index is -1.32. The Morgan fingerprint density at radius 2 is 1.88 bits per heavy atom. The SMILES string of the molecule is O=C(O)c1[nH]c2cc(Cl)ccc2c1C(=O)O. The number of carboxylic acid groups (broad SMARTS) is 2. The lowest BCUT2D eigenvalue weighted by Crippen LogP contribution is -2.06. The van der Waals surface area contributed by atoms with Crippen LogP contribution >= 0.6 is 11.6 Å². The molecule has 0 spiro atoms. The molecule has 0 aliphatic carbocycles. The van der Waals surface area contributed by atoms with Gasteiger partial charge < -0.3 is 15.2 Å². The van der Waals surface area contributed by atoms with Crippen LogP contribution in [0.1, 0.15) is 20.8 Å². The van der Waals surface area contributed by atoms with Gasteiger partial charge in [-0.3, -0.25) is 0 Å². The molecule has 0 unspecified atom stereocenters.